The molecular formula is C17H23BN2O8. The molecule has 1 saturated heterocycles. The Morgan fingerprint density at radius 2 is 1.96 bits per heavy atom. The van der Waals surface area contributed by atoms with Gasteiger partial charge in [-0.1, -0.05) is 6.07 Å². The summed E-state index contributed by atoms with van der Waals surface area (Å²) >= 11 is 0. The van der Waals surface area contributed by atoms with Crippen molar-refractivity contribution >= 4 is 19.1 Å². The highest BCUT2D eigenvalue weighted by molar-refractivity contribution is 6.44. The molecule has 152 valence electrons. The van der Waals surface area contributed by atoms with E-state index in [0.717, 1.165) is 0 Å². The summed E-state index contributed by atoms with van der Waals surface area (Å²) < 4.78 is 5.69. The van der Waals surface area contributed by atoms with Crippen LogP contribution in [0.4, 0.5) is 0 Å². The van der Waals surface area contributed by atoms with E-state index in [1.165, 1.54) is 19.1 Å². The summed E-state index contributed by atoms with van der Waals surface area (Å²) in [6.45, 7) is 2.30. The molecule has 1 saturated carbocycles. The van der Waals surface area contributed by atoms with Crippen LogP contribution in [0.2, 0.25) is 5.82 Å². The number of aliphatic carboxylic acids is 1. The van der Waals surface area contributed by atoms with Gasteiger partial charge in [-0.2, -0.15) is 0 Å². The van der Waals surface area contributed by atoms with Crippen molar-refractivity contribution in [1.82, 2.24) is 4.90 Å². The zero-order chi connectivity index (χ0) is 20.8. The first-order valence-corrected chi connectivity index (χ1v) is 8.88. The molecule has 2 fully saturated rings. The van der Waals surface area contributed by atoms with Gasteiger partial charge in [-0.25, -0.2) is 4.79 Å². The van der Waals surface area contributed by atoms with Crippen molar-refractivity contribution in [3.05, 3.63) is 23.3 Å². The lowest BCUT2D eigenvalue weighted by Crippen LogP contribution is -2.62. The van der Waals surface area contributed by atoms with E-state index in [2.05, 4.69) is 0 Å². The number of hydrogen-bond donors (Lipinski definition) is 6. The lowest BCUT2D eigenvalue weighted by Gasteiger charge is -2.41. The van der Waals surface area contributed by atoms with Gasteiger partial charge in [0.25, 0.3) is 0 Å². The minimum absolute atomic E-state index is 0.00823. The summed E-state index contributed by atoms with van der Waals surface area (Å²) in [5.41, 5.74) is 4.29. The molecular weight excluding hydrogens is 371 g/mol. The van der Waals surface area contributed by atoms with Crippen LogP contribution in [0.3, 0.4) is 0 Å². The molecule has 3 rings (SSSR count). The number of nitrogens with two attached hydrogens (primary N) is 1. The minimum atomic E-state index is -1.52. The largest absolute Gasteiger partial charge is 0.507 e. The van der Waals surface area contributed by atoms with Crippen LogP contribution in [0.1, 0.15) is 35.2 Å². The number of carboxylic acids is 2. The maximum atomic E-state index is 11.6. The number of aromatic hydroxyl groups is 1. The fraction of sp³-hybridized carbons (Fsp3) is 0.529. The van der Waals surface area contributed by atoms with E-state index in [0.29, 0.717) is 25.1 Å². The van der Waals surface area contributed by atoms with Gasteiger partial charge >= 0.3 is 19.1 Å². The fourth-order valence-corrected chi connectivity index (χ4v) is 3.53. The molecule has 1 aliphatic carbocycles. The van der Waals surface area contributed by atoms with Gasteiger partial charge < -0.3 is 35.8 Å². The van der Waals surface area contributed by atoms with Gasteiger partial charge in [-0.15, -0.1) is 0 Å². The topological polar surface area (TPSA) is 174 Å². The predicted octanol–water partition coefficient (Wildman–Crippen LogP) is -0.714. The van der Waals surface area contributed by atoms with E-state index < -0.39 is 36.2 Å². The molecule has 1 aliphatic heterocycles. The Bertz CT molecular complexity index is 794. The highest BCUT2D eigenvalue weighted by Gasteiger charge is 2.48. The van der Waals surface area contributed by atoms with Crippen molar-refractivity contribution in [2.45, 2.75) is 36.7 Å². The molecule has 0 aromatic heterocycles. The SMILES string of the molecule is CC(N)(CN1CC(Oc2ccc([C@@H]3C[C@@H]3B(O)O)c(O)c2C(=O)O)C1)C(=O)O. The number of carbonyl (C=O) groups is 2. The molecule has 0 bridgehead atoms. The first-order chi connectivity index (χ1) is 13.0. The van der Waals surface area contributed by atoms with E-state index in [9.17, 15) is 29.9 Å². The van der Waals surface area contributed by atoms with E-state index in [-0.39, 0.29) is 29.9 Å². The first kappa shape index (κ1) is 20.4. The molecule has 28 heavy (non-hydrogen) atoms. The molecule has 11 heteroatoms. The van der Waals surface area contributed by atoms with Crippen molar-refractivity contribution < 1.29 is 39.7 Å². The Kier molecular flexibility index (Phi) is 5.28. The second-order valence-corrected chi connectivity index (χ2v) is 7.76. The van der Waals surface area contributed by atoms with Gasteiger partial charge in [0.2, 0.25) is 0 Å². The third-order valence-corrected chi connectivity index (χ3v) is 5.26. The predicted molar refractivity (Wildman–Crippen MR) is 97.4 cm³/mol. The summed E-state index contributed by atoms with van der Waals surface area (Å²) in [5, 5.41) is 47.4. The average molecular weight is 394 g/mol. The zero-order valence-electron chi connectivity index (χ0n) is 15.3. The number of phenols is 1. The minimum Gasteiger partial charge on any atom is -0.507 e. The number of nitrogens with zero attached hydrogens (tertiary/aromatic N) is 1. The summed E-state index contributed by atoms with van der Waals surface area (Å²) in [7, 11) is -1.52. The lowest BCUT2D eigenvalue weighted by atomic mass is 9.81. The molecule has 0 spiro atoms. The fourth-order valence-electron chi connectivity index (χ4n) is 3.53. The molecule has 1 aromatic rings. The molecule has 1 aromatic carbocycles. The molecule has 0 radical (unpaired) electrons. The van der Waals surface area contributed by atoms with Crippen LogP contribution in [0, 0.1) is 0 Å². The smallest absolute Gasteiger partial charge is 0.455 e. The number of likely N-dealkylation sites (tertiary alicyclic amines) is 1. The second kappa shape index (κ2) is 7.24. The molecule has 7 N–H and O–H groups in total. The monoisotopic (exact) mass is 394 g/mol. The van der Waals surface area contributed by atoms with Crippen molar-refractivity contribution in [2.24, 2.45) is 5.73 Å². The van der Waals surface area contributed by atoms with Gasteiger partial charge in [0.1, 0.15) is 28.7 Å². The van der Waals surface area contributed by atoms with Crippen LogP contribution < -0.4 is 10.5 Å². The number of carboxylic acid groups (broad SMARTS) is 2. The van der Waals surface area contributed by atoms with Crippen LogP contribution >= 0.6 is 0 Å². The molecule has 3 atom stereocenters. The van der Waals surface area contributed by atoms with E-state index in [1.54, 1.807) is 4.90 Å². The van der Waals surface area contributed by atoms with Crippen LogP contribution in [0.15, 0.2) is 12.1 Å². The first-order valence-electron chi connectivity index (χ1n) is 8.88. The van der Waals surface area contributed by atoms with Crippen molar-refractivity contribution in [1.29, 1.82) is 0 Å². The number of ether oxygens (including phenoxy) is 1. The van der Waals surface area contributed by atoms with E-state index >= 15 is 0 Å². The Balaban J connectivity index is 1.68. The van der Waals surface area contributed by atoms with Gasteiger partial charge in [0.15, 0.2) is 0 Å². The highest BCUT2D eigenvalue weighted by Crippen LogP contribution is 2.56. The van der Waals surface area contributed by atoms with Gasteiger partial charge in [0, 0.05) is 25.5 Å². The Morgan fingerprint density at radius 1 is 1.32 bits per heavy atom. The summed E-state index contributed by atoms with van der Waals surface area (Å²) in [5.74, 6) is -3.64. The number of aromatic carboxylic acids is 1. The average Bonchev–Trinajstić information content (AvgIpc) is 3.32. The van der Waals surface area contributed by atoms with Crippen LogP contribution in [-0.2, 0) is 4.79 Å². The zero-order valence-corrected chi connectivity index (χ0v) is 15.3. The molecule has 2 aliphatic rings. The van der Waals surface area contributed by atoms with Crippen molar-refractivity contribution in [2.75, 3.05) is 19.6 Å². The molecule has 0 amide bonds. The van der Waals surface area contributed by atoms with E-state index in [4.69, 9.17) is 15.6 Å². The Labute approximate surface area is 161 Å². The van der Waals surface area contributed by atoms with Gasteiger partial charge in [-0.05, 0) is 30.9 Å². The van der Waals surface area contributed by atoms with Gasteiger partial charge in [-0.3, -0.25) is 9.69 Å². The maximum absolute atomic E-state index is 11.6. The number of rotatable bonds is 8. The van der Waals surface area contributed by atoms with Crippen LogP contribution in [0.5, 0.6) is 11.5 Å². The summed E-state index contributed by atoms with van der Waals surface area (Å²) in [4.78, 5) is 24.5. The number of benzene rings is 1. The molecule has 1 heterocycles. The maximum Gasteiger partial charge on any atom is 0.455 e. The van der Waals surface area contributed by atoms with E-state index in [1.807, 2.05) is 0 Å². The van der Waals surface area contributed by atoms with Gasteiger partial charge in [0.05, 0.1) is 0 Å². The number of hydrogen-bond acceptors (Lipinski definition) is 8. The second-order valence-electron chi connectivity index (χ2n) is 7.76. The molecule has 10 nitrogen and oxygen atoms in total. The lowest BCUT2D eigenvalue weighted by molar-refractivity contribution is -0.144. The van der Waals surface area contributed by atoms with Crippen molar-refractivity contribution in [3.63, 3.8) is 0 Å². The van der Waals surface area contributed by atoms with Crippen LogP contribution in [-0.4, -0.2) is 80.6 Å². The summed E-state index contributed by atoms with van der Waals surface area (Å²) in [6.07, 6.45) is 0.0876. The molecule has 1 unspecified atom stereocenters. The van der Waals surface area contributed by atoms with Crippen LogP contribution in [0.25, 0.3) is 0 Å². The standard InChI is InChI=1S/C17H23BN2O8/c1-17(19,16(24)25)7-20-5-8(6-20)28-12-3-2-9(10-4-11(10)18(26)27)14(21)13(12)15(22)23/h2-3,8,10-11,21,26-27H,4-7,19H2,1H3,(H,22,23)(H,24,25)/t10-,11-,17?/m0/s1. The third-order valence-electron chi connectivity index (χ3n) is 5.26. The Morgan fingerprint density at radius 3 is 2.46 bits per heavy atom. The third kappa shape index (κ3) is 3.92. The summed E-state index contributed by atoms with van der Waals surface area (Å²) in [6, 6.07) is 2.98. The quantitative estimate of drug-likeness (QED) is 0.309. The normalized spacial score (nSPS) is 24.1. The van der Waals surface area contributed by atoms with Crippen molar-refractivity contribution in [3.8, 4) is 11.5 Å². The Hall–Kier alpha value is -2.34. The highest BCUT2D eigenvalue weighted by atomic mass is 16.5.